The van der Waals surface area contributed by atoms with Crippen LogP contribution in [0.1, 0.15) is 5.56 Å². The zero-order chi connectivity index (χ0) is 12.6. The molecule has 0 N–H and O–H groups in total. The van der Waals surface area contributed by atoms with Crippen LogP contribution in [0.4, 0.5) is 0 Å². The van der Waals surface area contributed by atoms with E-state index in [1.807, 2.05) is 24.3 Å². The van der Waals surface area contributed by atoms with Crippen LogP contribution in [0.3, 0.4) is 0 Å². The number of aliphatic imine (C=N–C) groups is 1. The minimum absolute atomic E-state index is 0.410. The molecule has 0 aromatic heterocycles. The quantitative estimate of drug-likeness (QED) is 0.581. The van der Waals surface area contributed by atoms with Crippen molar-refractivity contribution in [3.63, 3.8) is 0 Å². The lowest BCUT2D eigenvalue weighted by atomic mass is 10.2. The summed E-state index contributed by atoms with van der Waals surface area (Å²) in [6, 6.07) is 7.49. The lowest BCUT2D eigenvalue weighted by Crippen LogP contribution is -2.52. The Kier molecular flexibility index (Phi) is 3.07. The number of nitrogens with zero attached hydrogens (tertiary/aromatic N) is 3. The average Bonchev–Trinajstić information content (AvgIpc) is 2.69. The van der Waals surface area contributed by atoms with Crippen molar-refractivity contribution in [2.45, 2.75) is 0 Å². The van der Waals surface area contributed by atoms with Gasteiger partial charge in [0.25, 0.3) is 0 Å². The molecule has 1 fully saturated rings. The number of ether oxygens (including phenoxy) is 1. The van der Waals surface area contributed by atoms with Gasteiger partial charge in [0.05, 0.1) is 13.2 Å². The molecule has 0 atom stereocenters. The third-order valence-corrected chi connectivity index (χ3v) is 3.84. The summed E-state index contributed by atoms with van der Waals surface area (Å²) in [6.45, 7) is 2.87. The average molecular weight is 282 g/mol. The molecule has 1 aromatic carbocycles. The van der Waals surface area contributed by atoms with Crippen molar-refractivity contribution < 1.29 is 9.33 Å². The summed E-state index contributed by atoms with van der Waals surface area (Å²) < 4.78 is 5.77. The standard InChI is InChI=1S/C12H12ClN3OS/c13-10-3-1-9(2-4-10)11-14-12(18)16(15-11)5-7-17-8-6-16/h1-4H,5-8H2. The molecule has 6 heteroatoms. The summed E-state index contributed by atoms with van der Waals surface area (Å²) in [5, 5.41) is 6.02. The fourth-order valence-electron chi connectivity index (χ4n) is 2.09. The van der Waals surface area contributed by atoms with Crippen LogP contribution in [0.2, 0.25) is 5.02 Å². The van der Waals surface area contributed by atoms with E-state index in [0.717, 1.165) is 18.7 Å². The molecule has 0 radical (unpaired) electrons. The van der Waals surface area contributed by atoms with Crippen LogP contribution in [0.15, 0.2) is 34.4 Å². The number of benzene rings is 1. The first kappa shape index (κ1) is 12.0. The molecule has 0 bridgehead atoms. The van der Waals surface area contributed by atoms with Crippen LogP contribution in [-0.2, 0) is 17.4 Å². The van der Waals surface area contributed by atoms with Gasteiger partial charge < -0.3 is 17.4 Å². The van der Waals surface area contributed by atoms with Crippen molar-refractivity contribution in [1.29, 1.82) is 0 Å². The lowest BCUT2D eigenvalue weighted by Gasteiger charge is -2.35. The maximum Gasteiger partial charge on any atom is 0.218 e. The first-order valence-corrected chi connectivity index (χ1v) is 6.55. The summed E-state index contributed by atoms with van der Waals surface area (Å²) in [5.74, 6) is 0.693. The Morgan fingerprint density at radius 1 is 1.17 bits per heavy atom. The Bertz CT molecular complexity index is 521. The van der Waals surface area contributed by atoms with E-state index >= 15 is 0 Å². The number of amidine groups is 2. The molecule has 0 aliphatic carbocycles. The van der Waals surface area contributed by atoms with Gasteiger partial charge in [-0.15, -0.1) is 0 Å². The topological polar surface area (TPSA) is 34.0 Å². The lowest BCUT2D eigenvalue weighted by molar-refractivity contribution is -0.851. The van der Waals surface area contributed by atoms with Crippen molar-refractivity contribution in [2.75, 3.05) is 26.3 Å². The van der Waals surface area contributed by atoms with E-state index in [1.54, 1.807) is 0 Å². The summed E-state index contributed by atoms with van der Waals surface area (Å²) in [4.78, 5) is 4.42. The molecular formula is C12H12ClN3OS. The molecule has 1 saturated heterocycles. The summed E-state index contributed by atoms with van der Waals surface area (Å²) >= 11 is 11.2. The predicted octanol–water partition coefficient (Wildman–Crippen LogP) is 1.77. The van der Waals surface area contributed by atoms with Gasteiger partial charge in [0, 0.05) is 10.6 Å². The Balaban J connectivity index is 1.95. The Morgan fingerprint density at radius 2 is 1.83 bits per heavy atom. The number of rotatable bonds is 1. The molecule has 18 heavy (non-hydrogen) atoms. The summed E-state index contributed by atoms with van der Waals surface area (Å²) in [5.41, 5.74) is 0.947. The van der Waals surface area contributed by atoms with E-state index in [4.69, 9.17) is 29.0 Å². The fraction of sp³-hybridized carbons (Fsp3) is 0.333. The van der Waals surface area contributed by atoms with Crippen molar-refractivity contribution >= 4 is 35.2 Å². The molecular weight excluding hydrogens is 270 g/mol. The van der Waals surface area contributed by atoms with Gasteiger partial charge in [-0.2, -0.15) is 9.58 Å². The molecule has 1 aromatic rings. The third kappa shape index (κ3) is 2.03. The largest absolute Gasteiger partial charge is 0.697 e. The minimum Gasteiger partial charge on any atom is -0.697 e. The SMILES string of the molecule is [S-]C1=NC(c2ccc(Cl)cc2)=N[N+]12CCOCC2. The van der Waals surface area contributed by atoms with E-state index in [0.29, 0.717) is 33.8 Å². The van der Waals surface area contributed by atoms with Crippen LogP contribution in [-0.4, -0.2) is 41.9 Å². The Hall–Kier alpha value is -1.01. The highest BCUT2D eigenvalue weighted by Crippen LogP contribution is 2.22. The second-order valence-electron chi connectivity index (χ2n) is 4.31. The number of hydrogen-bond donors (Lipinski definition) is 0. The van der Waals surface area contributed by atoms with Crippen LogP contribution < -0.4 is 0 Å². The maximum absolute atomic E-state index is 5.87. The highest BCUT2D eigenvalue weighted by atomic mass is 35.5. The van der Waals surface area contributed by atoms with Gasteiger partial charge in [-0.3, -0.25) is 0 Å². The van der Waals surface area contributed by atoms with E-state index in [9.17, 15) is 0 Å². The molecule has 2 aliphatic heterocycles. The van der Waals surface area contributed by atoms with E-state index < -0.39 is 0 Å². The molecule has 1 spiro atoms. The zero-order valence-electron chi connectivity index (χ0n) is 9.67. The number of halogens is 1. The molecule has 4 nitrogen and oxygen atoms in total. The molecule has 2 aliphatic rings. The van der Waals surface area contributed by atoms with Gasteiger partial charge in [-0.05, 0) is 24.3 Å². The van der Waals surface area contributed by atoms with Gasteiger partial charge in [0.15, 0.2) is 0 Å². The molecule has 0 unspecified atom stereocenters. The number of quaternary nitrogens is 1. The highest BCUT2D eigenvalue weighted by molar-refractivity contribution is 7.76. The smallest absolute Gasteiger partial charge is 0.218 e. The van der Waals surface area contributed by atoms with Gasteiger partial charge >= 0.3 is 0 Å². The highest BCUT2D eigenvalue weighted by Gasteiger charge is 2.36. The molecule has 94 valence electrons. The molecule has 2 heterocycles. The van der Waals surface area contributed by atoms with Crippen molar-refractivity contribution in [2.24, 2.45) is 10.1 Å². The summed E-state index contributed by atoms with van der Waals surface area (Å²) in [7, 11) is 0. The molecule has 0 saturated carbocycles. The van der Waals surface area contributed by atoms with Crippen LogP contribution in [0.25, 0.3) is 0 Å². The van der Waals surface area contributed by atoms with Crippen molar-refractivity contribution in [3.05, 3.63) is 34.9 Å². The number of morpholine rings is 1. The van der Waals surface area contributed by atoms with Crippen LogP contribution in [0.5, 0.6) is 0 Å². The Morgan fingerprint density at radius 3 is 2.50 bits per heavy atom. The second-order valence-corrected chi connectivity index (χ2v) is 5.11. The van der Waals surface area contributed by atoms with Gasteiger partial charge in [0.2, 0.25) is 5.84 Å². The third-order valence-electron chi connectivity index (χ3n) is 3.16. The van der Waals surface area contributed by atoms with E-state index in [1.165, 1.54) is 0 Å². The van der Waals surface area contributed by atoms with Crippen LogP contribution >= 0.6 is 11.6 Å². The molecule has 3 rings (SSSR count). The van der Waals surface area contributed by atoms with Gasteiger partial charge in [-0.1, -0.05) is 16.7 Å². The van der Waals surface area contributed by atoms with Gasteiger partial charge in [-0.25, -0.2) is 0 Å². The van der Waals surface area contributed by atoms with Gasteiger partial charge in [0.1, 0.15) is 18.3 Å². The van der Waals surface area contributed by atoms with Crippen LogP contribution in [0, 0.1) is 0 Å². The number of hydrogen-bond acceptors (Lipinski definition) is 4. The minimum atomic E-state index is 0.410. The fourth-order valence-corrected chi connectivity index (χ4v) is 2.52. The summed E-state index contributed by atoms with van der Waals surface area (Å²) in [6.07, 6.45) is 0. The monoisotopic (exact) mass is 281 g/mol. The van der Waals surface area contributed by atoms with E-state index in [-0.39, 0.29) is 0 Å². The van der Waals surface area contributed by atoms with E-state index in [2.05, 4.69) is 10.1 Å². The predicted molar refractivity (Wildman–Crippen MR) is 73.6 cm³/mol. The first-order chi connectivity index (χ1) is 8.70. The maximum atomic E-state index is 5.87. The first-order valence-electron chi connectivity index (χ1n) is 5.77. The normalized spacial score (nSPS) is 21.8. The zero-order valence-corrected chi connectivity index (χ0v) is 11.2. The van der Waals surface area contributed by atoms with Crippen molar-refractivity contribution in [3.8, 4) is 0 Å². The second kappa shape index (κ2) is 4.59. The molecule has 0 amide bonds. The van der Waals surface area contributed by atoms with Crippen molar-refractivity contribution in [1.82, 2.24) is 0 Å². The Labute approximate surface area is 116 Å².